The second kappa shape index (κ2) is 9.53. The molecule has 5 heterocycles. The molecule has 0 aliphatic heterocycles. The lowest BCUT2D eigenvalue weighted by atomic mass is 10.1. The third-order valence-corrected chi connectivity index (χ3v) is 6.30. The Morgan fingerprint density at radius 3 is 2.46 bits per heavy atom. The first-order valence-corrected chi connectivity index (χ1v) is 11.9. The van der Waals surface area contributed by atoms with Gasteiger partial charge in [-0.15, -0.1) is 0 Å². The Morgan fingerprint density at radius 1 is 0.897 bits per heavy atom. The van der Waals surface area contributed by atoms with Gasteiger partial charge in [-0.2, -0.15) is 9.49 Å². The predicted octanol–water partition coefficient (Wildman–Crippen LogP) is 5.09. The number of halogens is 2. The summed E-state index contributed by atoms with van der Waals surface area (Å²) in [7, 11) is 1.89. The van der Waals surface area contributed by atoms with Crippen molar-refractivity contribution in [3.63, 3.8) is 0 Å². The summed E-state index contributed by atoms with van der Waals surface area (Å²) in [5.74, 6) is -0.246. The van der Waals surface area contributed by atoms with Gasteiger partial charge in [0, 0.05) is 42.3 Å². The molecule has 5 aromatic heterocycles. The van der Waals surface area contributed by atoms with Crippen LogP contribution in [0.5, 0.6) is 0 Å². The fraction of sp³-hybridized carbons (Fsp3) is 0.0714. The van der Waals surface area contributed by atoms with Gasteiger partial charge in [0.2, 0.25) is 5.95 Å². The molecule has 192 valence electrons. The molecule has 0 aliphatic carbocycles. The maximum atomic E-state index is 13.5. The average Bonchev–Trinajstić information content (AvgIpc) is 3.48. The van der Waals surface area contributed by atoms with Gasteiger partial charge in [0.05, 0.1) is 23.1 Å². The van der Waals surface area contributed by atoms with E-state index in [-0.39, 0.29) is 5.82 Å². The minimum atomic E-state index is -0.588. The maximum absolute atomic E-state index is 13.5. The number of nitrogens with one attached hydrogen (secondary N) is 1. The lowest BCUT2D eigenvalue weighted by Gasteiger charge is -2.07. The predicted molar refractivity (Wildman–Crippen MR) is 141 cm³/mol. The smallest absolute Gasteiger partial charge is 0.258 e. The van der Waals surface area contributed by atoms with E-state index in [0.717, 1.165) is 17.1 Å². The summed E-state index contributed by atoms with van der Waals surface area (Å²) in [6, 6.07) is 14.2. The van der Waals surface area contributed by atoms with Crippen molar-refractivity contribution < 1.29 is 13.6 Å². The van der Waals surface area contributed by atoms with Crippen molar-refractivity contribution >= 4 is 17.4 Å². The Hall–Kier alpha value is -5.32. The standard InChI is InChI=1S/C28H20F2N8O/c1-16-33-26(17-3-6-21(29)7-4-17)27(37(16)2)22-8-10-25-34-24(15-38(25)36-22)35-28(39)20-11-19(12-31-13-20)18-5-9-23(30)32-14-18/h3-15H,1-2H3,(H,35,39). The summed E-state index contributed by atoms with van der Waals surface area (Å²) in [4.78, 5) is 29.9. The fourth-order valence-corrected chi connectivity index (χ4v) is 4.24. The van der Waals surface area contributed by atoms with Crippen molar-refractivity contribution in [1.82, 2.24) is 34.1 Å². The van der Waals surface area contributed by atoms with Gasteiger partial charge < -0.3 is 9.88 Å². The number of rotatable bonds is 5. The highest BCUT2D eigenvalue weighted by atomic mass is 19.1. The number of nitrogens with zero attached hydrogens (tertiary/aromatic N) is 7. The molecule has 1 amide bonds. The van der Waals surface area contributed by atoms with Crippen LogP contribution in [0.1, 0.15) is 16.2 Å². The van der Waals surface area contributed by atoms with Gasteiger partial charge in [-0.25, -0.2) is 23.9 Å². The molecule has 0 bridgehead atoms. The van der Waals surface area contributed by atoms with E-state index in [0.29, 0.717) is 39.5 Å². The zero-order chi connectivity index (χ0) is 27.1. The lowest BCUT2D eigenvalue weighted by molar-refractivity contribution is 0.102. The Kier molecular flexibility index (Phi) is 5.87. The number of carbonyl (C=O) groups is 1. The number of hydrogen-bond acceptors (Lipinski definition) is 6. The van der Waals surface area contributed by atoms with E-state index < -0.39 is 11.9 Å². The maximum Gasteiger partial charge on any atom is 0.258 e. The number of aromatic nitrogens is 7. The van der Waals surface area contributed by atoms with Gasteiger partial charge in [0.15, 0.2) is 11.5 Å². The van der Waals surface area contributed by atoms with E-state index >= 15 is 0 Å². The number of aryl methyl sites for hydroxylation is 1. The third-order valence-electron chi connectivity index (χ3n) is 6.30. The summed E-state index contributed by atoms with van der Waals surface area (Å²) in [5, 5.41) is 7.48. The highest BCUT2D eigenvalue weighted by Gasteiger charge is 2.19. The Balaban J connectivity index is 1.29. The first-order chi connectivity index (χ1) is 18.9. The number of anilines is 1. The van der Waals surface area contributed by atoms with Gasteiger partial charge in [-0.3, -0.25) is 9.78 Å². The van der Waals surface area contributed by atoms with Crippen LogP contribution in [0.15, 0.2) is 79.4 Å². The molecule has 0 aliphatic rings. The van der Waals surface area contributed by atoms with Crippen LogP contribution in [0.4, 0.5) is 14.6 Å². The van der Waals surface area contributed by atoms with Gasteiger partial charge in [-0.1, -0.05) is 0 Å². The number of pyridine rings is 2. The summed E-state index contributed by atoms with van der Waals surface area (Å²) in [6.45, 7) is 1.89. The second-order valence-electron chi connectivity index (χ2n) is 8.86. The number of hydrogen-bond donors (Lipinski definition) is 1. The molecule has 11 heteroatoms. The van der Waals surface area contributed by atoms with Gasteiger partial charge >= 0.3 is 0 Å². The second-order valence-corrected chi connectivity index (χ2v) is 8.86. The number of imidazole rings is 2. The van der Waals surface area contributed by atoms with E-state index in [1.807, 2.05) is 24.6 Å². The molecular weight excluding hydrogens is 502 g/mol. The number of fused-ring (bicyclic) bond motifs is 1. The zero-order valence-corrected chi connectivity index (χ0v) is 20.8. The van der Waals surface area contributed by atoms with Crippen molar-refractivity contribution in [2.75, 3.05) is 5.32 Å². The van der Waals surface area contributed by atoms with Crippen molar-refractivity contribution in [2.24, 2.45) is 7.05 Å². The summed E-state index contributed by atoms with van der Waals surface area (Å²) < 4.78 is 30.2. The molecule has 6 rings (SSSR count). The van der Waals surface area contributed by atoms with Crippen LogP contribution in [0.25, 0.3) is 39.4 Å². The van der Waals surface area contributed by atoms with E-state index in [1.165, 1.54) is 30.6 Å². The molecule has 0 spiro atoms. The van der Waals surface area contributed by atoms with Crippen molar-refractivity contribution in [3.05, 3.63) is 103 Å². The van der Waals surface area contributed by atoms with Crippen LogP contribution in [0.2, 0.25) is 0 Å². The number of carbonyl (C=O) groups excluding carboxylic acids is 1. The van der Waals surface area contributed by atoms with Crippen molar-refractivity contribution in [2.45, 2.75) is 6.92 Å². The van der Waals surface area contributed by atoms with Crippen LogP contribution >= 0.6 is 0 Å². The molecule has 1 N–H and O–H groups in total. The normalized spacial score (nSPS) is 11.2. The quantitative estimate of drug-likeness (QED) is 0.316. The Labute approximate surface area is 220 Å². The molecule has 0 saturated carbocycles. The van der Waals surface area contributed by atoms with Crippen molar-refractivity contribution in [1.29, 1.82) is 0 Å². The van der Waals surface area contributed by atoms with E-state index in [2.05, 4.69) is 25.3 Å². The first kappa shape index (κ1) is 24.0. The Bertz CT molecular complexity index is 1840. The molecule has 0 fully saturated rings. The minimum Gasteiger partial charge on any atom is -0.330 e. The minimum absolute atomic E-state index is 0.303. The molecule has 0 atom stereocenters. The van der Waals surface area contributed by atoms with Crippen LogP contribution < -0.4 is 5.32 Å². The summed E-state index contributed by atoms with van der Waals surface area (Å²) in [5.41, 5.74) is 4.93. The third kappa shape index (κ3) is 4.61. The molecule has 6 aromatic rings. The summed E-state index contributed by atoms with van der Waals surface area (Å²) in [6.07, 6.45) is 6.00. The number of amides is 1. The lowest BCUT2D eigenvalue weighted by Crippen LogP contribution is -2.12. The zero-order valence-electron chi connectivity index (χ0n) is 20.8. The molecule has 1 aromatic carbocycles. The monoisotopic (exact) mass is 522 g/mol. The molecule has 0 unspecified atom stereocenters. The molecule has 9 nitrogen and oxygen atoms in total. The Morgan fingerprint density at radius 2 is 1.69 bits per heavy atom. The van der Waals surface area contributed by atoms with E-state index in [9.17, 15) is 13.6 Å². The highest BCUT2D eigenvalue weighted by Crippen LogP contribution is 2.31. The first-order valence-electron chi connectivity index (χ1n) is 11.9. The molecule has 0 radical (unpaired) electrons. The van der Waals surface area contributed by atoms with Crippen LogP contribution in [-0.4, -0.2) is 40.0 Å². The van der Waals surface area contributed by atoms with Gasteiger partial charge in [0.1, 0.15) is 17.3 Å². The van der Waals surface area contributed by atoms with E-state index in [1.54, 1.807) is 47.2 Å². The molecular formula is C28H20F2N8O. The largest absolute Gasteiger partial charge is 0.330 e. The average molecular weight is 523 g/mol. The van der Waals surface area contributed by atoms with Gasteiger partial charge in [-0.05, 0) is 61.5 Å². The summed E-state index contributed by atoms with van der Waals surface area (Å²) >= 11 is 0. The van der Waals surface area contributed by atoms with Crippen LogP contribution in [-0.2, 0) is 7.05 Å². The van der Waals surface area contributed by atoms with Crippen LogP contribution in [0.3, 0.4) is 0 Å². The van der Waals surface area contributed by atoms with Crippen LogP contribution in [0, 0.1) is 18.7 Å². The highest BCUT2D eigenvalue weighted by molar-refractivity contribution is 6.04. The fourth-order valence-electron chi connectivity index (χ4n) is 4.24. The topological polar surface area (TPSA) is 103 Å². The van der Waals surface area contributed by atoms with Crippen molar-refractivity contribution in [3.8, 4) is 33.8 Å². The molecule has 39 heavy (non-hydrogen) atoms. The number of benzene rings is 1. The van der Waals surface area contributed by atoms with E-state index in [4.69, 9.17) is 5.10 Å². The SMILES string of the molecule is Cc1nc(-c2ccc(F)cc2)c(-c2ccc3nc(NC(=O)c4cncc(-c5ccc(F)nc5)c4)cn3n2)n1C. The van der Waals surface area contributed by atoms with Gasteiger partial charge in [0.25, 0.3) is 5.91 Å². The molecule has 0 saturated heterocycles.